The average Bonchev–Trinajstić information content (AvgIpc) is 2.96. The highest BCUT2D eigenvalue weighted by atomic mass is 16.5. The van der Waals surface area contributed by atoms with E-state index >= 15 is 0 Å². The van der Waals surface area contributed by atoms with Gasteiger partial charge in [0.15, 0.2) is 6.10 Å². The maximum absolute atomic E-state index is 12.0. The zero-order valence-corrected chi connectivity index (χ0v) is 27.1. The molecule has 0 saturated heterocycles. The molecule has 0 rings (SSSR count). The third-order valence-electron chi connectivity index (χ3n) is 8.40. The minimum Gasteiger partial charge on any atom is -0.464 e. The van der Waals surface area contributed by atoms with Crippen LogP contribution in [0.2, 0.25) is 0 Å². The molecule has 0 aromatic carbocycles. The van der Waals surface area contributed by atoms with Crippen molar-refractivity contribution in [3.8, 4) is 0 Å². The summed E-state index contributed by atoms with van der Waals surface area (Å²) in [6, 6.07) is 0. The molecule has 4 heteroatoms. The first-order valence-corrected chi connectivity index (χ1v) is 18.2. The van der Waals surface area contributed by atoms with Crippen LogP contribution in [0.3, 0.4) is 0 Å². The third-order valence-corrected chi connectivity index (χ3v) is 8.40. The molecule has 0 fully saturated rings. The van der Waals surface area contributed by atoms with Gasteiger partial charge in [-0.05, 0) is 19.3 Å². The van der Waals surface area contributed by atoms with Crippen LogP contribution in [0.25, 0.3) is 0 Å². The zero-order chi connectivity index (χ0) is 29.2. The average molecular weight is 569 g/mol. The van der Waals surface area contributed by atoms with E-state index < -0.39 is 12.1 Å². The molecule has 0 heterocycles. The summed E-state index contributed by atoms with van der Waals surface area (Å²) in [6.45, 7) is 3.08. The van der Waals surface area contributed by atoms with Gasteiger partial charge in [-0.15, -0.1) is 0 Å². The normalized spacial score (nSPS) is 12.2. The SMILES string of the molecule is CCCCCCCCCCCCCCCCC(O)C(=O)OCCCCCCCCCCCCCCCCCCO. The summed E-state index contributed by atoms with van der Waals surface area (Å²) in [5.74, 6) is -0.420. The lowest BCUT2D eigenvalue weighted by molar-refractivity contribution is -0.154. The fourth-order valence-corrected chi connectivity index (χ4v) is 5.61. The summed E-state index contributed by atoms with van der Waals surface area (Å²) >= 11 is 0. The minimum absolute atomic E-state index is 0.347. The Kier molecular flexibility index (Phi) is 34.1. The largest absolute Gasteiger partial charge is 0.464 e. The van der Waals surface area contributed by atoms with E-state index in [9.17, 15) is 9.90 Å². The summed E-state index contributed by atoms with van der Waals surface area (Å²) in [4.78, 5) is 12.0. The molecule has 0 radical (unpaired) electrons. The van der Waals surface area contributed by atoms with Crippen LogP contribution in [0.15, 0.2) is 0 Å². The predicted octanol–water partition coefficient (Wildman–Crippen LogP) is 11.0. The molecule has 0 aromatic heterocycles. The Morgan fingerprint density at radius 1 is 0.475 bits per heavy atom. The molecule has 0 bridgehead atoms. The number of rotatable bonds is 34. The highest BCUT2D eigenvalue weighted by Gasteiger charge is 2.15. The van der Waals surface area contributed by atoms with Crippen molar-refractivity contribution in [2.45, 2.75) is 212 Å². The second-order valence-electron chi connectivity index (χ2n) is 12.4. The molecule has 40 heavy (non-hydrogen) atoms. The van der Waals surface area contributed by atoms with Crippen LogP contribution >= 0.6 is 0 Å². The number of hydrogen-bond acceptors (Lipinski definition) is 4. The molecule has 0 aliphatic rings. The second-order valence-corrected chi connectivity index (χ2v) is 12.4. The van der Waals surface area contributed by atoms with Crippen LogP contribution < -0.4 is 0 Å². The van der Waals surface area contributed by atoms with Gasteiger partial charge in [0.1, 0.15) is 0 Å². The van der Waals surface area contributed by atoms with Gasteiger partial charge in [0, 0.05) is 6.61 Å². The quantitative estimate of drug-likeness (QED) is 0.0598. The van der Waals surface area contributed by atoms with Gasteiger partial charge in [0.25, 0.3) is 0 Å². The minimum atomic E-state index is -0.936. The van der Waals surface area contributed by atoms with Crippen molar-refractivity contribution in [1.29, 1.82) is 0 Å². The summed E-state index contributed by atoms with van der Waals surface area (Å²) in [5, 5.41) is 18.8. The predicted molar refractivity (Wildman–Crippen MR) is 173 cm³/mol. The van der Waals surface area contributed by atoms with E-state index in [4.69, 9.17) is 9.84 Å². The van der Waals surface area contributed by atoms with E-state index in [1.54, 1.807) is 0 Å². The molecule has 240 valence electrons. The molecular formula is C36H72O4. The van der Waals surface area contributed by atoms with E-state index in [2.05, 4.69) is 6.92 Å². The summed E-state index contributed by atoms with van der Waals surface area (Å²) in [5.41, 5.74) is 0. The van der Waals surface area contributed by atoms with E-state index in [0.29, 0.717) is 19.6 Å². The van der Waals surface area contributed by atoms with Gasteiger partial charge >= 0.3 is 5.97 Å². The fraction of sp³-hybridized carbons (Fsp3) is 0.972. The molecule has 0 aromatic rings. The monoisotopic (exact) mass is 569 g/mol. The van der Waals surface area contributed by atoms with Crippen LogP contribution in [0.1, 0.15) is 206 Å². The molecule has 0 aliphatic heterocycles. The molecule has 0 aliphatic carbocycles. The summed E-state index contributed by atoms with van der Waals surface area (Å²) in [7, 11) is 0. The van der Waals surface area contributed by atoms with E-state index in [1.165, 1.54) is 161 Å². The molecule has 0 amide bonds. The number of hydrogen-bond donors (Lipinski definition) is 2. The van der Waals surface area contributed by atoms with Crippen molar-refractivity contribution in [3.05, 3.63) is 0 Å². The van der Waals surface area contributed by atoms with Gasteiger partial charge < -0.3 is 14.9 Å². The van der Waals surface area contributed by atoms with Crippen molar-refractivity contribution in [2.24, 2.45) is 0 Å². The molecule has 2 N–H and O–H groups in total. The number of carbonyl (C=O) groups is 1. The molecule has 1 atom stereocenters. The van der Waals surface area contributed by atoms with E-state index in [1.807, 2.05) is 0 Å². The first kappa shape index (κ1) is 39.4. The molecule has 4 nitrogen and oxygen atoms in total. The van der Waals surface area contributed by atoms with Gasteiger partial charge in [0.05, 0.1) is 6.61 Å². The van der Waals surface area contributed by atoms with Crippen molar-refractivity contribution >= 4 is 5.97 Å². The van der Waals surface area contributed by atoms with Crippen LogP contribution in [0, 0.1) is 0 Å². The van der Waals surface area contributed by atoms with Gasteiger partial charge in [-0.25, -0.2) is 4.79 Å². The van der Waals surface area contributed by atoms with Crippen LogP contribution in [-0.4, -0.2) is 35.5 Å². The smallest absolute Gasteiger partial charge is 0.334 e. The maximum Gasteiger partial charge on any atom is 0.334 e. The van der Waals surface area contributed by atoms with Crippen molar-refractivity contribution in [3.63, 3.8) is 0 Å². The standard InChI is InChI=1S/C36H72O4/c1-2-3-4-5-6-7-8-9-14-17-20-23-26-29-32-35(38)36(39)40-34-31-28-25-22-19-16-13-11-10-12-15-18-21-24-27-30-33-37/h35,37-38H,2-34H2,1H3. The summed E-state index contributed by atoms with van der Waals surface area (Å²) in [6.07, 6.45) is 38.2. The lowest BCUT2D eigenvalue weighted by Gasteiger charge is -2.10. The number of aliphatic hydroxyl groups excluding tert-OH is 2. The van der Waals surface area contributed by atoms with Crippen molar-refractivity contribution in [2.75, 3.05) is 13.2 Å². The first-order chi connectivity index (χ1) is 19.7. The van der Waals surface area contributed by atoms with Crippen LogP contribution in [0.5, 0.6) is 0 Å². The van der Waals surface area contributed by atoms with Crippen molar-refractivity contribution in [1.82, 2.24) is 0 Å². The number of esters is 1. The topological polar surface area (TPSA) is 66.8 Å². The Morgan fingerprint density at radius 2 is 0.775 bits per heavy atom. The lowest BCUT2D eigenvalue weighted by atomic mass is 10.0. The van der Waals surface area contributed by atoms with Gasteiger partial charge in [0.2, 0.25) is 0 Å². The number of aliphatic hydroxyl groups is 2. The number of ether oxygens (including phenoxy) is 1. The van der Waals surface area contributed by atoms with Gasteiger partial charge in [-0.3, -0.25) is 0 Å². The zero-order valence-electron chi connectivity index (χ0n) is 27.1. The second kappa shape index (κ2) is 34.6. The maximum atomic E-state index is 12.0. The molecule has 0 spiro atoms. The Hall–Kier alpha value is -0.610. The summed E-state index contributed by atoms with van der Waals surface area (Å²) < 4.78 is 5.30. The van der Waals surface area contributed by atoms with Crippen LogP contribution in [-0.2, 0) is 9.53 Å². The number of unbranched alkanes of at least 4 members (excludes halogenated alkanes) is 28. The molecule has 1 unspecified atom stereocenters. The molecule has 0 saturated carbocycles. The Bertz CT molecular complexity index is 481. The lowest BCUT2D eigenvalue weighted by Crippen LogP contribution is -2.23. The Morgan fingerprint density at radius 3 is 1.12 bits per heavy atom. The first-order valence-electron chi connectivity index (χ1n) is 18.2. The third kappa shape index (κ3) is 31.9. The van der Waals surface area contributed by atoms with Crippen LogP contribution in [0.4, 0.5) is 0 Å². The van der Waals surface area contributed by atoms with Gasteiger partial charge in [-0.1, -0.05) is 187 Å². The van der Waals surface area contributed by atoms with Gasteiger partial charge in [-0.2, -0.15) is 0 Å². The highest BCUT2D eigenvalue weighted by molar-refractivity contribution is 5.74. The Labute approximate surface area is 250 Å². The number of carbonyl (C=O) groups excluding carboxylic acids is 1. The Balaban J connectivity index is 3.26. The van der Waals surface area contributed by atoms with E-state index in [0.717, 1.165) is 32.1 Å². The van der Waals surface area contributed by atoms with E-state index in [-0.39, 0.29) is 0 Å². The molecular weight excluding hydrogens is 496 g/mol. The van der Waals surface area contributed by atoms with Crippen molar-refractivity contribution < 1.29 is 19.7 Å². The highest BCUT2D eigenvalue weighted by Crippen LogP contribution is 2.15. The fourth-order valence-electron chi connectivity index (χ4n) is 5.61.